The zero-order chi connectivity index (χ0) is 19.7. The summed E-state index contributed by atoms with van der Waals surface area (Å²) < 4.78 is 27.2. The number of nitrogens with zero attached hydrogens (tertiary/aromatic N) is 3. The molecule has 28 heavy (non-hydrogen) atoms. The molecular formula is C20H25N3O3S2. The molecule has 0 saturated carbocycles. The first kappa shape index (κ1) is 19.6. The summed E-state index contributed by atoms with van der Waals surface area (Å²) in [5.41, 5.74) is 2.55. The Balaban J connectivity index is 1.36. The Bertz CT molecular complexity index is 935. The highest BCUT2D eigenvalue weighted by Crippen LogP contribution is 2.24. The normalized spacial score (nSPS) is 20.0. The van der Waals surface area contributed by atoms with Gasteiger partial charge in [0.15, 0.2) is 0 Å². The van der Waals surface area contributed by atoms with Gasteiger partial charge in [-0.2, -0.15) is 4.31 Å². The third-order valence-corrected chi connectivity index (χ3v) is 8.98. The van der Waals surface area contributed by atoms with Crippen LogP contribution in [0.15, 0.2) is 46.0 Å². The molecule has 4 rings (SSSR count). The van der Waals surface area contributed by atoms with Crippen LogP contribution < -0.4 is 0 Å². The molecule has 1 aromatic heterocycles. The zero-order valence-corrected chi connectivity index (χ0v) is 17.6. The van der Waals surface area contributed by atoms with E-state index in [1.54, 1.807) is 17.5 Å². The molecule has 0 spiro atoms. The fourth-order valence-electron chi connectivity index (χ4n) is 3.97. The highest BCUT2D eigenvalue weighted by Gasteiger charge is 2.34. The number of carbonyl (C=O) groups excluding carboxylic acids is 1. The lowest BCUT2D eigenvalue weighted by Gasteiger charge is -2.39. The fraction of sp³-hybridized carbons (Fsp3) is 0.450. The number of hydrogen-bond donors (Lipinski definition) is 0. The molecule has 0 unspecified atom stereocenters. The Morgan fingerprint density at radius 3 is 2.39 bits per heavy atom. The van der Waals surface area contributed by atoms with Crippen LogP contribution in [0, 0.1) is 0 Å². The summed E-state index contributed by atoms with van der Waals surface area (Å²) in [5.74, 6) is 0.129. The number of fused-ring (bicyclic) bond motifs is 1. The monoisotopic (exact) mass is 419 g/mol. The van der Waals surface area contributed by atoms with E-state index in [2.05, 4.69) is 17.0 Å². The quantitative estimate of drug-likeness (QED) is 0.761. The maximum Gasteiger partial charge on any atom is 0.252 e. The highest BCUT2D eigenvalue weighted by molar-refractivity contribution is 7.91. The van der Waals surface area contributed by atoms with Gasteiger partial charge >= 0.3 is 0 Å². The molecule has 2 aliphatic heterocycles. The van der Waals surface area contributed by atoms with E-state index in [1.807, 2.05) is 24.0 Å². The van der Waals surface area contributed by atoms with E-state index in [1.165, 1.54) is 26.8 Å². The molecule has 0 aliphatic carbocycles. The van der Waals surface area contributed by atoms with Gasteiger partial charge in [0.05, 0.1) is 6.04 Å². The molecule has 150 valence electrons. The Morgan fingerprint density at radius 2 is 1.71 bits per heavy atom. The number of sulfonamides is 1. The SMILES string of the molecule is C[C@H](C(=O)N1CCc2ccccc2C1)N1CCN(S(=O)(=O)c2cccs2)CC1. The summed E-state index contributed by atoms with van der Waals surface area (Å²) in [4.78, 5) is 17.1. The summed E-state index contributed by atoms with van der Waals surface area (Å²) in [6.45, 7) is 5.32. The van der Waals surface area contributed by atoms with E-state index in [0.29, 0.717) is 36.9 Å². The van der Waals surface area contributed by atoms with Crippen molar-refractivity contribution in [2.75, 3.05) is 32.7 Å². The van der Waals surface area contributed by atoms with Gasteiger partial charge in [-0.25, -0.2) is 8.42 Å². The van der Waals surface area contributed by atoms with Gasteiger partial charge in [0.25, 0.3) is 10.0 Å². The third-order valence-electron chi connectivity index (χ3n) is 5.71. The second-order valence-electron chi connectivity index (χ2n) is 7.33. The minimum Gasteiger partial charge on any atom is -0.337 e. The largest absolute Gasteiger partial charge is 0.337 e. The predicted molar refractivity (Wildman–Crippen MR) is 110 cm³/mol. The first-order valence-electron chi connectivity index (χ1n) is 9.60. The van der Waals surface area contributed by atoms with Crippen LogP contribution in [0.1, 0.15) is 18.1 Å². The van der Waals surface area contributed by atoms with Crippen molar-refractivity contribution in [1.82, 2.24) is 14.1 Å². The average molecular weight is 420 g/mol. The van der Waals surface area contributed by atoms with E-state index in [4.69, 9.17) is 0 Å². The molecule has 2 aromatic rings. The van der Waals surface area contributed by atoms with Crippen LogP contribution in [0.3, 0.4) is 0 Å². The molecule has 1 atom stereocenters. The maximum atomic E-state index is 13.0. The highest BCUT2D eigenvalue weighted by atomic mass is 32.2. The molecule has 2 aliphatic rings. The maximum absolute atomic E-state index is 13.0. The van der Waals surface area contributed by atoms with Crippen LogP contribution in [-0.4, -0.2) is 67.2 Å². The first-order valence-corrected chi connectivity index (χ1v) is 11.9. The van der Waals surface area contributed by atoms with Gasteiger partial charge in [-0.15, -0.1) is 11.3 Å². The van der Waals surface area contributed by atoms with Crippen molar-refractivity contribution >= 4 is 27.3 Å². The number of piperazine rings is 1. The van der Waals surface area contributed by atoms with E-state index in [-0.39, 0.29) is 11.9 Å². The van der Waals surface area contributed by atoms with Gasteiger partial charge in [0.1, 0.15) is 4.21 Å². The van der Waals surface area contributed by atoms with E-state index in [9.17, 15) is 13.2 Å². The van der Waals surface area contributed by atoms with E-state index in [0.717, 1.165) is 13.0 Å². The van der Waals surface area contributed by atoms with Crippen LogP contribution >= 0.6 is 11.3 Å². The smallest absolute Gasteiger partial charge is 0.252 e. The standard InChI is InChI=1S/C20H25N3O3S2/c1-16(20(24)22-9-8-17-5-2-3-6-18(17)15-22)21-10-12-23(13-11-21)28(25,26)19-7-4-14-27-19/h2-7,14,16H,8-13,15H2,1H3/t16-/m1/s1. The van der Waals surface area contributed by atoms with Crippen molar-refractivity contribution in [2.45, 2.75) is 30.1 Å². The topological polar surface area (TPSA) is 60.9 Å². The van der Waals surface area contributed by atoms with Gasteiger partial charge in [-0.05, 0) is 35.9 Å². The predicted octanol–water partition coefficient (Wildman–Crippen LogP) is 2.03. The average Bonchev–Trinajstić information content (AvgIpc) is 3.28. The lowest BCUT2D eigenvalue weighted by Crippen LogP contribution is -2.55. The van der Waals surface area contributed by atoms with Crippen molar-refractivity contribution < 1.29 is 13.2 Å². The number of carbonyl (C=O) groups is 1. The molecule has 0 bridgehead atoms. The van der Waals surface area contributed by atoms with Crippen molar-refractivity contribution in [1.29, 1.82) is 0 Å². The number of thiophene rings is 1. The van der Waals surface area contributed by atoms with Gasteiger partial charge in [0.2, 0.25) is 5.91 Å². The van der Waals surface area contributed by atoms with Crippen molar-refractivity contribution in [2.24, 2.45) is 0 Å². The lowest BCUT2D eigenvalue weighted by atomic mass is 9.99. The van der Waals surface area contributed by atoms with Crippen molar-refractivity contribution in [3.63, 3.8) is 0 Å². The minimum atomic E-state index is -3.41. The number of rotatable bonds is 4. The minimum absolute atomic E-state index is 0.129. The Hall–Kier alpha value is -1.74. The van der Waals surface area contributed by atoms with E-state index >= 15 is 0 Å². The Kier molecular flexibility index (Phi) is 5.55. The summed E-state index contributed by atoms with van der Waals surface area (Å²) >= 11 is 1.24. The van der Waals surface area contributed by atoms with Crippen LogP contribution in [0.25, 0.3) is 0 Å². The molecule has 1 fully saturated rings. The first-order chi connectivity index (χ1) is 13.5. The van der Waals surface area contributed by atoms with Gasteiger partial charge in [-0.3, -0.25) is 9.69 Å². The van der Waals surface area contributed by atoms with Crippen LogP contribution in [0.2, 0.25) is 0 Å². The summed E-state index contributed by atoms with van der Waals surface area (Å²) in [6.07, 6.45) is 0.890. The number of benzene rings is 1. The Labute approximate surface area is 170 Å². The molecule has 3 heterocycles. The molecule has 0 N–H and O–H groups in total. The summed E-state index contributed by atoms with van der Waals surface area (Å²) in [7, 11) is -3.41. The Morgan fingerprint density at radius 1 is 1.00 bits per heavy atom. The fourth-order valence-corrected chi connectivity index (χ4v) is 6.54. The van der Waals surface area contributed by atoms with Crippen LogP contribution in [-0.2, 0) is 27.8 Å². The zero-order valence-electron chi connectivity index (χ0n) is 16.0. The molecule has 1 aromatic carbocycles. The van der Waals surface area contributed by atoms with Gasteiger partial charge in [-0.1, -0.05) is 30.3 Å². The number of hydrogen-bond acceptors (Lipinski definition) is 5. The molecule has 8 heteroatoms. The lowest BCUT2D eigenvalue weighted by molar-refractivity contribution is -0.137. The second-order valence-corrected chi connectivity index (χ2v) is 10.4. The molecule has 6 nitrogen and oxygen atoms in total. The van der Waals surface area contributed by atoms with Gasteiger partial charge in [0, 0.05) is 39.3 Å². The van der Waals surface area contributed by atoms with Gasteiger partial charge < -0.3 is 4.90 Å². The van der Waals surface area contributed by atoms with Crippen molar-refractivity contribution in [3.05, 3.63) is 52.9 Å². The van der Waals surface area contributed by atoms with E-state index < -0.39 is 10.0 Å². The molecular weight excluding hydrogens is 394 g/mol. The molecule has 0 radical (unpaired) electrons. The molecule has 1 amide bonds. The van der Waals surface area contributed by atoms with Crippen LogP contribution in [0.5, 0.6) is 0 Å². The second kappa shape index (κ2) is 7.94. The third kappa shape index (κ3) is 3.74. The molecule has 1 saturated heterocycles. The summed E-state index contributed by atoms with van der Waals surface area (Å²) in [5, 5.41) is 1.78. The summed E-state index contributed by atoms with van der Waals surface area (Å²) in [6, 6.07) is 11.4. The van der Waals surface area contributed by atoms with Crippen LogP contribution in [0.4, 0.5) is 0 Å². The number of amides is 1. The van der Waals surface area contributed by atoms with Crippen molar-refractivity contribution in [3.8, 4) is 0 Å².